The summed E-state index contributed by atoms with van der Waals surface area (Å²) >= 11 is 0. The van der Waals surface area contributed by atoms with E-state index in [2.05, 4.69) is 65.8 Å². The summed E-state index contributed by atoms with van der Waals surface area (Å²) in [6, 6.07) is 9.40. The van der Waals surface area contributed by atoms with E-state index < -0.39 is 0 Å². The quantitative estimate of drug-likeness (QED) is 0.631. The van der Waals surface area contributed by atoms with Crippen molar-refractivity contribution >= 4 is 10.8 Å². The van der Waals surface area contributed by atoms with E-state index >= 15 is 0 Å². The van der Waals surface area contributed by atoms with Crippen molar-refractivity contribution in [2.45, 2.75) is 53.4 Å². The Bertz CT molecular complexity index is 574. The highest BCUT2D eigenvalue weighted by Gasteiger charge is 2.10. The van der Waals surface area contributed by atoms with E-state index in [1.165, 1.54) is 33.0 Å². The van der Waals surface area contributed by atoms with Crippen LogP contribution in [0.3, 0.4) is 0 Å². The van der Waals surface area contributed by atoms with E-state index in [1.807, 2.05) is 0 Å². The van der Waals surface area contributed by atoms with Gasteiger partial charge < -0.3 is 0 Å². The van der Waals surface area contributed by atoms with Crippen LogP contribution in [-0.4, -0.2) is 0 Å². The molecule has 0 fully saturated rings. The van der Waals surface area contributed by atoms with Crippen LogP contribution in [-0.2, 0) is 0 Å². The predicted molar refractivity (Wildman–Crippen MR) is 81.6 cm³/mol. The summed E-state index contributed by atoms with van der Waals surface area (Å²) < 4.78 is 0. The van der Waals surface area contributed by atoms with E-state index in [-0.39, 0.29) is 0 Å². The van der Waals surface area contributed by atoms with Crippen molar-refractivity contribution in [3.8, 4) is 0 Å². The Kier molecular flexibility index (Phi) is 3.47. The maximum atomic E-state index is 2.39. The van der Waals surface area contributed by atoms with Crippen molar-refractivity contribution in [1.82, 2.24) is 0 Å². The first-order valence-electron chi connectivity index (χ1n) is 6.95. The highest BCUT2D eigenvalue weighted by molar-refractivity contribution is 5.90. The van der Waals surface area contributed by atoms with Gasteiger partial charge in [-0.25, -0.2) is 0 Å². The summed E-state index contributed by atoms with van der Waals surface area (Å²) in [6.45, 7) is 13.5. The van der Waals surface area contributed by atoms with Gasteiger partial charge in [0, 0.05) is 0 Å². The van der Waals surface area contributed by atoms with Crippen LogP contribution >= 0.6 is 0 Å². The molecular formula is C18H24. The second-order valence-electron chi connectivity index (χ2n) is 6.10. The minimum atomic E-state index is 0.578. The smallest absolute Gasteiger partial charge is 0.0144 e. The van der Waals surface area contributed by atoms with Gasteiger partial charge in [-0.3, -0.25) is 0 Å². The Balaban J connectivity index is 2.84. The van der Waals surface area contributed by atoms with E-state index in [1.54, 1.807) is 0 Å². The molecule has 0 heteroatoms. The SMILES string of the molecule is Cc1cc(C(C)C)c2cc(C(C)C)cc(C)c2c1. The van der Waals surface area contributed by atoms with Gasteiger partial charge in [-0.05, 0) is 53.1 Å². The number of rotatable bonds is 2. The van der Waals surface area contributed by atoms with Crippen LogP contribution in [0.2, 0.25) is 0 Å². The lowest BCUT2D eigenvalue weighted by Crippen LogP contribution is -1.96. The molecule has 0 aliphatic heterocycles. The lowest BCUT2D eigenvalue weighted by Gasteiger charge is -2.16. The fourth-order valence-electron chi connectivity index (χ4n) is 2.66. The van der Waals surface area contributed by atoms with Gasteiger partial charge in [-0.2, -0.15) is 0 Å². The van der Waals surface area contributed by atoms with Gasteiger partial charge in [0.05, 0.1) is 0 Å². The van der Waals surface area contributed by atoms with Crippen molar-refractivity contribution in [1.29, 1.82) is 0 Å². The van der Waals surface area contributed by atoms with Gasteiger partial charge in [0.25, 0.3) is 0 Å². The lowest BCUT2D eigenvalue weighted by atomic mass is 9.89. The molecule has 0 N–H and O–H groups in total. The Morgan fingerprint density at radius 1 is 0.722 bits per heavy atom. The minimum Gasteiger partial charge on any atom is -0.0587 e. The fraction of sp³-hybridized carbons (Fsp3) is 0.444. The summed E-state index contributed by atoms with van der Waals surface area (Å²) in [4.78, 5) is 0. The summed E-state index contributed by atoms with van der Waals surface area (Å²) in [7, 11) is 0. The molecule has 0 radical (unpaired) electrons. The molecule has 18 heavy (non-hydrogen) atoms. The van der Waals surface area contributed by atoms with Crippen molar-refractivity contribution < 1.29 is 0 Å². The first-order valence-corrected chi connectivity index (χ1v) is 6.95. The summed E-state index contributed by atoms with van der Waals surface area (Å²) in [6.07, 6.45) is 0. The average molecular weight is 240 g/mol. The van der Waals surface area contributed by atoms with Crippen molar-refractivity contribution in [3.05, 3.63) is 46.5 Å². The number of fused-ring (bicyclic) bond motifs is 1. The van der Waals surface area contributed by atoms with Crippen molar-refractivity contribution in [2.75, 3.05) is 0 Å². The molecule has 0 unspecified atom stereocenters. The van der Waals surface area contributed by atoms with Crippen LogP contribution in [0.1, 0.15) is 61.8 Å². The molecule has 0 atom stereocenters. The molecule has 0 saturated carbocycles. The number of hydrogen-bond acceptors (Lipinski definition) is 0. The van der Waals surface area contributed by atoms with E-state index in [0.717, 1.165) is 0 Å². The Morgan fingerprint density at radius 2 is 1.39 bits per heavy atom. The molecule has 0 aromatic heterocycles. The molecule has 2 aromatic carbocycles. The molecule has 0 aliphatic carbocycles. The van der Waals surface area contributed by atoms with Gasteiger partial charge in [0.2, 0.25) is 0 Å². The zero-order valence-electron chi connectivity index (χ0n) is 12.5. The summed E-state index contributed by atoms with van der Waals surface area (Å²) in [5.74, 6) is 1.17. The second-order valence-corrected chi connectivity index (χ2v) is 6.10. The Hall–Kier alpha value is -1.30. The molecular weight excluding hydrogens is 216 g/mol. The average Bonchev–Trinajstić information content (AvgIpc) is 2.28. The van der Waals surface area contributed by atoms with E-state index in [9.17, 15) is 0 Å². The highest BCUT2D eigenvalue weighted by Crippen LogP contribution is 2.32. The topological polar surface area (TPSA) is 0 Å². The van der Waals surface area contributed by atoms with Gasteiger partial charge in [-0.15, -0.1) is 0 Å². The third kappa shape index (κ3) is 2.29. The molecule has 0 nitrogen and oxygen atoms in total. The molecule has 96 valence electrons. The number of hydrogen-bond donors (Lipinski definition) is 0. The highest BCUT2D eigenvalue weighted by atomic mass is 14.2. The standard InChI is InChI=1S/C18H24/c1-11(2)15-9-14(6)17-8-13(5)7-16(12(3)4)18(17)10-15/h7-12H,1-6H3. The lowest BCUT2D eigenvalue weighted by molar-refractivity contribution is 0.860. The van der Waals surface area contributed by atoms with Crippen LogP contribution in [0.4, 0.5) is 0 Å². The zero-order chi connectivity index (χ0) is 13.4. The Morgan fingerprint density at radius 3 is 1.94 bits per heavy atom. The molecule has 2 rings (SSSR count). The van der Waals surface area contributed by atoms with Crippen LogP contribution < -0.4 is 0 Å². The van der Waals surface area contributed by atoms with Gasteiger partial charge in [-0.1, -0.05) is 57.5 Å². The summed E-state index contributed by atoms with van der Waals surface area (Å²) in [5.41, 5.74) is 5.70. The largest absolute Gasteiger partial charge is 0.0587 e. The third-order valence-corrected chi connectivity index (χ3v) is 3.76. The molecule has 0 spiro atoms. The van der Waals surface area contributed by atoms with Crippen molar-refractivity contribution in [3.63, 3.8) is 0 Å². The zero-order valence-corrected chi connectivity index (χ0v) is 12.5. The molecule has 2 aromatic rings. The van der Waals surface area contributed by atoms with Gasteiger partial charge >= 0.3 is 0 Å². The normalized spacial score (nSPS) is 11.8. The second kappa shape index (κ2) is 4.76. The maximum absolute atomic E-state index is 2.39. The summed E-state index contributed by atoms with van der Waals surface area (Å²) in [5, 5.41) is 2.86. The van der Waals surface area contributed by atoms with E-state index in [4.69, 9.17) is 0 Å². The van der Waals surface area contributed by atoms with Gasteiger partial charge in [0.15, 0.2) is 0 Å². The molecule has 0 heterocycles. The van der Waals surface area contributed by atoms with Gasteiger partial charge in [0.1, 0.15) is 0 Å². The van der Waals surface area contributed by atoms with Crippen molar-refractivity contribution in [2.24, 2.45) is 0 Å². The Labute approximate surface area is 111 Å². The first kappa shape index (κ1) is 13.1. The number of benzene rings is 2. The van der Waals surface area contributed by atoms with Crippen LogP contribution in [0.25, 0.3) is 10.8 Å². The number of aryl methyl sites for hydroxylation is 2. The van der Waals surface area contributed by atoms with Crippen LogP contribution in [0.15, 0.2) is 24.3 Å². The first-order chi connectivity index (χ1) is 8.40. The minimum absolute atomic E-state index is 0.578. The monoisotopic (exact) mass is 240 g/mol. The van der Waals surface area contributed by atoms with Crippen LogP contribution in [0, 0.1) is 13.8 Å². The molecule has 0 bridgehead atoms. The fourth-order valence-corrected chi connectivity index (χ4v) is 2.66. The third-order valence-electron chi connectivity index (χ3n) is 3.76. The molecule has 0 aliphatic rings. The van der Waals surface area contributed by atoms with Crippen LogP contribution in [0.5, 0.6) is 0 Å². The molecule has 0 saturated heterocycles. The molecule has 0 amide bonds. The van der Waals surface area contributed by atoms with E-state index in [0.29, 0.717) is 11.8 Å². The predicted octanol–water partition coefficient (Wildman–Crippen LogP) is 5.70. The maximum Gasteiger partial charge on any atom is -0.0144 e.